The van der Waals surface area contributed by atoms with Gasteiger partial charge in [0.15, 0.2) is 5.79 Å². The van der Waals surface area contributed by atoms with E-state index in [9.17, 15) is 9.59 Å². The predicted octanol–water partition coefficient (Wildman–Crippen LogP) is 1.21. The third-order valence-corrected chi connectivity index (χ3v) is 3.13. The van der Waals surface area contributed by atoms with Crippen molar-refractivity contribution in [1.29, 1.82) is 0 Å². The van der Waals surface area contributed by atoms with E-state index < -0.39 is 11.9 Å². The summed E-state index contributed by atoms with van der Waals surface area (Å²) >= 11 is 0. The van der Waals surface area contributed by atoms with Crippen molar-refractivity contribution in [1.82, 2.24) is 0 Å². The van der Waals surface area contributed by atoms with Crippen LogP contribution in [0, 0.1) is 5.92 Å². The van der Waals surface area contributed by atoms with Gasteiger partial charge in [0.1, 0.15) is 11.9 Å². The molecule has 0 aromatic rings. The van der Waals surface area contributed by atoms with E-state index in [4.69, 9.17) is 14.2 Å². The van der Waals surface area contributed by atoms with Crippen LogP contribution in [0.15, 0.2) is 12.2 Å². The highest BCUT2D eigenvalue weighted by Gasteiger charge is 2.42. The molecule has 18 heavy (non-hydrogen) atoms. The van der Waals surface area contributed by atoms with Crippen LogP contribution in [0.4, 0.5) is 0 Å². The second-order valence-corrected chi connectivity index (χ2v) is 5.20. The summed E-state index contributed by atoms with van der Waals surface area (Å²) in [5, 5.41) is 0. The average Bonchev–Trinajstić information content (AvgIpc) is 2.81. The summed E-state index contributed by atoms with van der Waals surface area (Å²) in [5.74, 6) is -1.16. The summed E-state index contributed by atoms with van der Waals surface area (Å²) in [5.41, 5.74) is 0. The van der Waals surface area contributed by atoms with Crippen molar-refractivity contribution in [2.24, 2.45) is 5.92 Å². The fourth-order valence-corrected chi connectivity index (χ4v) is 2.33. The number of carbonyl (C=O) groups is 2. The quantitative estimate of drug-likeness (QED) is 0.706. The van der Waals surface area contributed by atoms with Crippen molar-refractivity contribution in [2.75, 3.05) is 6.61 Å². The van der Waals surface area contributed by atoms with Crippen molar-refractivity contribution in [3.63, 3.8) is 0 Å². The summed E-state index contributed by atoms with van der Waals surface area (Å²) in [6, 6.07) is 0. The third-order valence-electron chi connectivity index (χ3n) is 3.13. The van der Waals surface area contributed by atoms with Crippen LogP contribution in [-0.2, 0) is 23.8 Å². The van der Waals surface area contributed by atoms with Crippen LogP contribution in [0.2, 0.25) is 0 Å². The van der Waals surface area contributed by atoms with Gasteiger partial charge in [0.2, 0.25) is 0 Å². The highest BCUT2D eigenvalue weighted by atomic mass is 16.7. The van der Waals surface area contributed by atoms with E-state index >= 15 is 0 Å². The Morgan fingerprint density at radius 2 is 2.28 bits per heavy atom. The predicted molar refractivity (Wildman–Crippen MR) is 62.7 cm³/mol. The first-order valence-electron chi connectivity index (χ1n) is 6.07. The molecular formula is C13H18O5. The van der Waals surface area contributed by atoms with Crippen LogP contribution in [0.5, 0.6) is 0 Å². The first-order chi connectivity index (χ1) is 8.37. The Bertz CT molecular complexity index is 385. The number of rotatable bonds is 4. The van der Waals surface area contributed by atoms with Gasteiger partial charge in [-0.1, -0.05) is 0 Å². The molecule has 5 heteroatoms. The Kier molecular flexibility index (Phi) is 3.54. The highest BCUT2D eigenvalue weighted by molar-refractivity contribution is 5.84. The first kappa shape index (κ1) is 13.2. The zero-order valence-electron chi connectivity index (χ0n) is 10.8. The van der Waals surface area contributed by atoms with Gasteiger partial charge in [-0.2, -0.15) is 0 Å². The molecule has 5 nitrogen and oxygen atoms in total. The zero-order valence-corrected chi connectivity index (χ0v) is 10.8. The molecule has 0 spiro atoms. The Balaban J connectivity index is 2.08. The van der Waals surface area contributed by atoms with Gasteiger partial charge in [0.25, 0.3) is 0 Å². The van der Waals surface area contributed by atoms with Crippen molar-refractivity contribution >= 4 is 11.8 Å². The second kappa shape index (κ2) is 4.82. The van der Waals surface area contributed by atoms with E-state index in [2.05, 4.69) is 0 Å². The van der Waals surface area contributed by atoms with Crippen LogP contribution in [0.1, 0.15) is 27.2 Å². The van der Waals surface area contributed by atoms with Crippen molar-refractivity contribution in [2.45, 2.75) is 45.2 Å². The lowest BCUT2D eigenvalue weighted by molar-refractivity contribution is -0.156. The molecule has 3 atom stereocenters. The molecule has 0 aromatic carbocycles. The lowest BCUT2D eigenvalue weighted by atomic mass is 9.91. The number of cyclic esters (lactones) is 1. The summed E-state index contributed by atoms with van der Waals surface area (Å²) in [6.45, 7) is 5.59. The van der Waals surface area contributed by atoms with Crippen LogP contribution < -0.4 is 0 Å². The minimum atomic E-state index is -0.647. The molecule has 100 valence electrons. The number of Topliss-reactive ketones (excluding diaryl/α,β-unsaturated/α-hetero) is 1. The maximum atomic E-state index is 11.3. The van der Waals surface area contributed by atoms with Crippen LogP contribution >= 0.6 is 0 Å². The molecule has 2 aliphatic rings. The summed E-state index contributed by atoms with van der Waals surface area (Å²) < 4.78 is 16.4. The second-order valence-electron chi connectivity index (χ2n) is 5.20. The van der Waals surface area contributed by atoms with E-state index in [-0.39, 0.29) is 23.8 Å². The fourth-order valence-electron chi connectivity index (χ4n) is 2.33. The molecule has 2 aliphatic heterocycles. The number of ether oxygens (including phenoxy) is 3. The third kappa shape index (κ3) is 2.97. The first-order valence-corrected chi connectivity index (χ1v) is 6.07. The summed E-state index contributed by atoms with van der Waals surface area (Å²) in [6.07, 6.45) is 2.75. The van der Waals surface area contributed by atoms with Crippen LogP contribution in [0.25, 0.3) is 0 Å². The number of ketones is 1. The normalized spacial score (nSPS) is 31.4. The van der Waals surface area contributed by atoms with Crippen molar-refractivity contribution in [3.05, 3.63) is 12.2 Å². The van der Waals surface area contributed by atoms with Crippen molar-refractivity contribution in [3.8, 4) is 0 Å². The molecule has 0 N–H and O–H groups in total. The Morgan fingerprint density at radius 1 is 1.56 bits per heavy atom. The topological polar surface area (TPSA) is 61.8 Å². The molecule has 0 aromatic heterocycles. The number of esters is 1. The van der Waals surface area contributed by atoms with Gasteiger partial charge in [0.05, 0.1) is 12.7 Å². The van der Waals surface area contributed by atoms with E-state index in [0.717, 1.165) is 0 Å². The molecule has 0 amide bonds. The van der Waals surface area contributed by atoms with Crippen LogP contribution in [-0.4, -0.2) is 36.4 Å². The molecule has 0 saturated carbocycles. The van der Waals surface area contributed by atoms with E-state index in [1.165, 1.54) is 13.0 Å². The van der Waals surface area contributed by atoms with Crippen molar-refractivity contribution < 1.29 is 23.8 Å². The number of hydrogen-bond acceptors (Lipinski definition) is 5. The minimum absolute atomic E-state index is 0.0460. The smallest absolute Gasteiger partial charge is 0.331 e. The largest absolute Gasteiger partial charge is 0.455 e. The number of carbonyl (C=O) groups excluding carboxylic acids is 2. The molecule has 2 rings (SSSR count). The van der Waals surface area contributed by atoms with Gasteiger partial charge in [-0.25, -0.2) is 4.79 Å². The van der Waals surface area contributed by atoms with Gasteiger partial charge in [-0.15, -0.1) is 0 Å². The molecule has 0 unspecified atom stereocenters. The zero-order chi connectivity index (χ0) is 13.3. The lowest BCUT2D eigenvalue weighted by Gasteiger charge is -2.26. The molecule has 2 heterocycles. The fraction of sp³-hybridized carbons (Fsp3) is 0.692. The van der Waals surface area contributed by atoms with Gasteiger partial charge in [-0.05, 0) is 26.8 Å². The van der Waals surface area contributed by atoms with Gasteiger partial charge in [-0.3, -0.25) is 0 Å². The van der Waals surface area contributed by atoms with Gasteiger partial charge < -0.3 is 19.0 Å². The van der Waals surface area contributed by atoms with E-state index in [1.54, 1.807) is 6.08 Å². The average molecular weight is 254 g/mol. The van der Waals surface area contributed by atoms with Gasteiger partial charge >= 0.3 is 5.97 Å². The maximum Gasteiger partial charge on any atom is 0.331 e. The molecule has 1 fully saturated rings. The molecule has 0 radical (unpaired) electrons. The molecule has 0 aliphatic carbocycles. The summed E-state index contributed by atoms with van der Waals surface area (Å²) in [7, 11) is 0. The van der Waals surface area contributed by atoms with Crippen LogP contribution in [0.3, 0.4) is 0 Å². The minimum Gasteiger partial charge on any atom is -0.455 e. The highest BCUT2D eigenvalue weighted by Crippen LogP contribution is 2.32. The van der Waals surface area contributed by atoms with Gasteiger partial charge in [0, 0.05) is 18.4 Å². The monoisotopic (exact) mass is 254 g/mol. The number of hydrogen-bond donors (Lipinski definition) is 0. The summed E-state index contributed by atoms with van der Waals surface area (Å²) in [4.78, 5) is 22.5. The Hall–Kier alpha value is -1.20. The lowest BCUT2D eigenvalue weighted by Crippen LogP contribution is -2.36. The SMILES string of the molecule is CC(=O)C[C@H]([C@H]1C=CC(=O)O1)[C@H]1COC(C)(C)O1. The molecule has 1 saturated heterocycles. The maximum absolute atomic E-state index is 11.3. The van der Waals surface area contributed by atoms with E-state index in [1.807, 2.05) is 13.8 Å². The Labute approximate surface area is 106 Å². The Morgan fingerprint density at radius 3 is 2.72 bits per heavy atom. The standard InChI is InChI=1S/C13H18O5/c1-8(14)6-9(10-4-5-12(15)17-10)11-7-16-13(2,3)18-11/h4-5,9-11H,6-7H2,1-3H3/t9-,10-,11-/m1/s1. The molecule has 0 bridgehead atoms. The van der Waals surface area contributed by atoms with E-state index in [0.29, 0.717) is 13.0 Å². The molecular weight excluding hydrogens is 236 g/mol.